The molecule has 1 aromatic carbocycles. The SMILES string of the molecule is CCNS(=O)(=O)Nc1cc(OC)ccc1N. The molecule has 0 amide bonds. The molecule has 0 aromatic heterocycles. The number of nitrogens with two attached hydrogens (primary N) is 1. The normalized spacial score (nSPS) is 11.1. The molecule has 0 unspecified atom stereocenters. The Labute approximate surface area is 95.0 Å². The highest BCUT2D eigenvalue weighted by Gasteiger charge is 2.10. The van der Waals surface area contributed by atoms with Crippen LogP contribution in [0.25, 0.3) is 0 Å². The molecule has 0 heterocycles. The van der Waals surface area contributed by atoms with Crippen LogP contribution in [0.2, 0.25) is 0 Å². The summed E-state index contributed by atoms with van der Waals surface area (Å²) in [5.41, 5.74) is 6.26. The molecule has 1 aromatic rings. The number of benzene rings is 1. The second-order valence-corrected chi connectivity index (χ2v) is 4.56. The summed E-state index contributed by atoms with van der Waals surface area (Å²) in [5.74, 6) is 0.531. The maximum atomic E-state index is 11.4. The lowest BCUT2D eigenvalue weighted by Gasteiger charge is -2.11. The second kappa shape index (κ2) is 5.04. The van der Waals surface area contributed by atoms with E-state index in [2.05, 4.69) is 9.44 Å². The first kappa shape index (κ1) is 12.6. The Morgan fingerprint density at radius 1 is 1.44 bits per heavy atom. The number of nitrogens with one attached hydrogen (secondary N) is 2. The van der Waals surface area contributed by atoms with E-state index < -0.39 is 10.2 Å². The highest BCUT2D eigenvalue weighted by Crippen LogP contribution is 2.24. The summed E-state index contributed by atoms with van der Waals surface area (Å²) in [5, 5.41) is 0. The summed E-state index contributed by atoms with van der Waals surface area (Å²) in [6.07, 6.45) is 0. The van der Waals surface area contributed by atoms with Gasteiger partial charge in [-0.3, -0.25) is 4.72 Å². The van der Waals surface area contributed by atoms with Gasteiger partial charge in [-0.05, 0) is 12.1 Å². The zero-order valence-corrected chi connectivity index (χ0v) is 9.97. The van der Waals surface area contributed by atoms with Gasteiger partial charge in [0.25, 0.3) is 10.2 Å². The first-order valence-electron chi connectivity index (χ1n) is 4.69. The summed E-state index contributed by atoms with van der Waals surface area (Å²) >= 11 is 0. The Bertz CT molecular complexity index is 459. The van der Waals surface area contributed by atoms with Crippen LogP contribution in [0.3, 0.4) is 0 Å². The van der Waals surface area contributed by atoms with E-state index in [1.807, 2.05) is 0 Å². The van der Waals surface area contributed by atoms with Crippen LogP contribution in [0.1, 0.15) is 6.92 Å². The Morgan fingerprint density at radius 3 is 2.69 bits per heavy atom. The van der Waals surface area contributed by atoms with E-state index >= 15 is 0 Å². The maximum Gasteiger partial charge on any atom is 0.299 e. The summed E-state index contributed by atoms with van der Waals surface area (Å²) in [4.78, 5) is 0. The van der Waals surface area contributed by atoms with Crippen molar-refractivity contribution in [3.63, 3.8) is 0 Å². The predicted molar refractivity (Wildman–Crippen MR) is 63.6 cm³/mol. The fourth-order valence-corrected chi connectivity index (χ4v) is 2.04. The minimum atomic E-state index is -3.57. The number of hydrogen-bond donors (Lipinski definition) is 3. The van der Waals surface area contributed by atoms with Crippen molar-refractivity contribution in [2.75, 3.05) is 24.1 Å². The lowest BCUT2D eigenvalue weighted by Crippen LogP contribution is -2.30. The number of methoxy groups -OCH3 is 1. The van der Waals surface area contributed by atoms with Crippen LogP contribution in [0.15, 0.2) is 18.2 Å². The van der Waals surface area contributed by atoms with Crippen molar-refractivity contribution in [3.05, 3.63) is 18.2 Å². The molecule has 16 heavy (non-hydrogen) atoms. The van der Waals surface area contributed by atoms with Crippen molar-refractivity contribution in [3.8, 4) is 5.75 Å². The molecule has 0 aliphatic carbocycles. The molecule has 0 saturated heterocycles. The van der Waals surface area contributed by atoms with E-state index in [4.69, 9.17) is 10.5 Å². The zero-order valence-electron chi connectivity index (χ0n) is 9.15. The van der Waals surface area contributed by atoms with Crippen LogP contribution < -0.4 is 19.9 Å². The first-order valence-corrected chi connectivity index (χ1v) is 6.17. The monoisotopic (exact) mass is 245 g/mol. The highest BCUT2D eigenvalue weighted by atomic mass is 32.2. The van der Waals surface area contributed by atoms with Gasteiger partial charge < -0.3 is 10.5 Å². The van der Waals surface area contributed by atoms with Crippen LogP contribution in [-0.4, -0.2) is 22.1 Å². The Kier molecular flexibility index (Phi) is 3.97. The van der Waals surface area contributed by atoms with Gasteiger partial charge in [0.1, 0.15) is 5.75 Å². The average Bonchev–Trinajstić information content (AvgIpc) is 2.21. The van der Waals surface area contributed by atoms with Crippen molar-refractivity contribution in [2.45, 2.75) is 6.92 Å². The van der Waals surface area contributed by atoms with E-state index in [0.717, 1.165) is 0 Å². The van der Waals surface area contributed by atoms with E-state index in [9.17, 15) is 8.42 Å². The van der Waals surface area contributed by atoms with Gasteiger partial charge in [-0.15, -0.1) is 0 Å². The third kappa shape index (κ3) is 3.28. The van der Waals surface area contributed by atoms with Crippen LogP contribution in [0, 0.1) is 0 Å². The third-order valence-electron chi connectivity index (χ3n) is 1.84. The Hall–Kier alpha value is -1.47. The van der Waals surface area contributed by atoms with Crippen molar-refractivity contribution in [1.29, 1.82) is 0 Å². The van der Waals surface area contributed by atoms with Crippen molar-refractivity contribution in [2.24, 2.45) is 0 Å². The highest BCUT2D eigenvalue weighted by molar-refractivity contribution is 7.90. The van der Waals surface area contributed by atoms with E-state index in [0.29, 0.717) is 23.7 Å². The lowest BCUT2D eigenvalue weighted by molar-refractivity contribution is 0.415. The van der Waals surface area contributed by atoms with Crippen molar-refractivity contribution >= 4 is 21.6 Å². The fourth-order valence-electron chi connectivity index (χ4n) is 1.12. The second-order valence-electron chi connectivity index (χ2n) is 3.06. The molecule has 0 saturated carbocycles. The van der Waals surface area contributed by atoms with E-state index in [-0.39, 0.29) is 0 Å². The zero-order chi connectivity index (χ0) is 12.2. The summed E-state index contributed by atoms with van der Waals surface area (Å²) in [6.45, 7) is 1.99. The molecule has 6 nitrogen and oxygen atoms in total. The van der Waals surface area contributed by atoms with Gasteiger partial charge >= 0.3 is 0 Å². The number of nitrogen functional groups attached to an aromatic ring is 1. The molecule has 0 aliphatic heterocycles. The molecule has 0 aliphatic rings. The molecule has 7 heteroatoms. The predicted octanol–water partition coefficient (Wildman–Crippen LogP) is 0.544. The molecule has 0 atom stereocenters. The minimum Gasteiger partial charge on any atom is -0.497 e. The van der Waals surface area contributed by atoms with Crippen molar-refractivity contribution in [1.82, 2.24) is 4.72 Å². The smallest absolute Gasteiger partial charge is 0.299 e. The third-order valence-corrected chi connectivity index (χ3v) is 3.00. The van der Waals surface area contributed by atoms with Gasteiger partial charge in [0.2, 0.25) is 0 Å². The van der Waals surface area contributed by atoms with E-state index in [1.165, 1.54) is 13.2 Å². The molecular formula is C9H15N3O3S. The molecule has 4 N–H and O–H groups in total. The van der Waals surface area contributed by atoms with Gasteiger partial charge in [-0.1, -0.05) is 6.92 Å². The van der Waals surface area contributed by atoms with Gasteiger partial charge in [-0.25, -0.2) is 0 Å². The average molecular weight is 245 g/mol. The first-order chi connectivity index (χ1) is 7.48. The van der Waals surface area contributed by atoms with Gasteiger partial charge in [0, 0.05) is 12.6 Å². The molecular weight excluding hydrogens is 230 g/mol. The molecule has 0 spiro atoms. The molecule has 1 rings (SSSR count). The largest absolute Gasteiger partial charge is 0.497 e. The summed E-state index contributed by atoms with van der Waals surface area (Å²) in [7, 11) is -2.07. The number of rotatable bonds is 5. The van der Waals surface area contributed by atoms with Crippen LogP contribution in [-0.2, 0) is 10.2 Å². The molecule has 0 bridgehead atoms. The quantitative estimate of drug-likeness (QED) is 0.660. The van der Waals surface area contributed by atoms with E-state index in [1.54, 1.807) is 19.1 Å². The Balaban J connectivity index is 2.96. The summed E-state index contributed by atoms with van der Waals surface area (Å²) in [6, 6.07) is 4.74. The van der Waals surface area contributed by atoms with Crippen molar-refractivity contribution < 1.29 is 13.2 Å². The van der Waals surface area contributed by atoms with Gasteiger partial charge in [-0.2, -0.15) is 13.1 Å². The van der Waals surface area contributed by atoms with Gasteiger partial charge in [0.15, 0.2) is 0 Å². The fraction of sp³-hybridized carbons (Fsp3) is 0.333. The Morgan fingerprint density at radius 2 is 2.12 bits per heavy atom. The molecule has 90 valence electrons. The number of anilines is 2. The number of hydrogen-bond acceptors (Lipinski definition) is 4. The maximum absolute atomic E-state index is 11.4. The molecule has 0 fully saturated rings. The minimum absolute atomic E-state index is 0.292. The van der Waals surface area contributed by atoms with Crippen LogP contribution in [0.5, 0.6) is 5.75 Å². The summed E-state index contributed by atoms with van der Waals surface area (Å²) < 4.78 is 32.5. The molecule has 0 radical (unpaired) electrons. The lowest BCUT2D eigenvalue weighted by atomic mass is 10.2. The topological polar surface area (TPSA) is 93.5 Å². The standard InChI is InChI=1S/C9H15N3O3S/c1-3-11-16(13,14)12-9-6-7(15-2)4-5-8(9)10/h4-6,11-12H,3,10H2,1-2H3. The van der Waals surface area contributed by atoms with Gasteiger partial charge in [0.05, 0.1) is 18.5 Å². The number of ether oxygens (including phenoxy) is 1. The van der Waals surface area contributed by atoms with Crippen LogP contribution in [0.4, 0.5) is 11.4 Å². The van der Waals surface area contributed by atoms with Crippen LogP contribution >= 0.6 is 0 Å².